The van der Waals surface area contributed by atoms with E-state index in [4.69, 9.17) is 19.9 Å². The molecular weight excluding hydrogens is 198 g/mol. The lowest BCUT2D eigenvalue weighted by molar-refractivity contribution is -0.0273. The summed E-state index contributed by atoms with van der Waals surface area (Å²) in [5.41, 5.74) is 5.84. The fourth-order valence-electron chi connectivity index (χ4n) is 0.800. The van der Waals surface area contributed by atoms with Gasteiger partial charge in [0.1, 0.15) is 0 Å². The van der Waals surface area contributed by atoms with Gasteiger partial charge in [-0.2, -0.15) is 0 Å². The summed E-state index contributed by atoms with van der Waals surface area (Å²) in [4.78, 5) is 0. The molecule has 0 aliphatic carbocycles. The zero-order chi connectivity index (χ0) is 10.9. The lowest BCUT2D eigenvalue weighted by atomic mass is 10.4. The van der Waals surface area contributed by atoms with Crippen molar-refractivity contribution in [2.24, 2.45) is 5.73 Å². The van der Waals surface area contributed by atoms with Crippen LogP contribution in [0, 0.1) is 0 Å². The van der Waals surface area contributed by atoms with Gasteiger partial charge < -0.3 is 19.9 Å². The standard InChI is InChI=1S/C9H23NO3Si/c1-3-9(10,14)13-8-7-12-6-5-11-4-2/h3-8,10H2,1-2,14H3. The minimum Gasteiger partial charge on any atom is -0.379 e. The third-order valence-electron chi connectivity index (χ3n) is 1.94. The summed E-state index contributed by atoms with van der Waals surface area (Å²) in [6.45, 7) is 7.18. The summed E-state index contributed by atoms with van der Waals surface area (Å²) in [6.07, 6.45) is 0.859. The molecule has 4 nitrogen and oxygen atoms in total. The zero-order valence-corrected chi connectivity index (χ0v) is 11.5. The van der Waals surface area contributed by atoms with Crippen LogP contribution in [-0.2, 0) is 14.2 Å². The molecule has 0 amide bonds. The van der Waals surface area contributed by atoms with Gasteiger partial charge in [-0.15, -0.1) is 0 Å². The van der Waals surface area contributed by atoms with Crippen LogP contribution >= 0.6 is 0 Å². The fourth-order valence-corrected chi connectivity index (χ4v) is 1.00. The van der Waals surface area contributed by atoms with E-state index in [0.29, 0.717) is 26.4 Å². The molecule has 0 radical (unpaired) electrons. The maximum absolute atomic E-state index is 5.84. The van der Waals surface area contributed by atoms with Gasteiger partial charge in [0.25, 0.3) is 0 Å². The Kier molecular flexibility index (Phi) is 8.41. The van der Waals surface area contributed by atoms with Crippen LogP contribution < -0.4 is 5.73 Å². The van der Waals surface area contributed by atoms with Crippen LogP contribution in [0.25, 0.3) is 0 Å². The first kappa shape index (κ1) is 14.1. The number of hydrogen-bond acceptors (Lipinski definition) is 4. The average Bonchev–Trinajstić information content (AvgIpc) is 2.16. The molecule has 5 heteroatoms. The van der Waals surface area contributed by atoms with Crippen molar-refractivity contribution in [1.29, 1.82) is 0 Å². The van der Waals surface area contributed by atoms with E-state index in [-0.39, 0.29) is 5.35 Å². The van der Waals surface area contributed by atoms with Crippen LogP contribution in [0.15, 0.2) is 0 Å². The highest BCUT2D eigenvalue weighted by atomic mass is 28.1. The van der Waals surface area contributed by atoms with Gasteiger partial charge in [-0.05, 0) is 13.3 Å². The van der Waals surface area contributed by atoms with Crippen molar-refractivity contribution in [2.75, 3.05) is 33.0 Å². The van der Waals surface area contributed by atoms with Crippen molar-refractivity contribution >= 4 is 10.2 Å². The Balaban J connectivity index is 3.13. The molecule has 0 aromatic heterocycles. The summed E-state index contributed by atoms with van der Waals surface area (Å²) >= 11 is 0. The molecule has 0 bridgehead atoms. The van der Waals surface area contributed by atoms with Crippen LogP contribution in [0.4, 0.5) is 0 Å². The Morgan fingerprint density at radius 2 is 1.64 bits per heavy atom. The largest absolute Gasteiger partial charge is 0.379 e. The van der Waals surface area contributed by atoms with Crippen LogP contribution in [0.1, 0.15) is 20.3 Å². The first-order valence-corrected chi connectivity index (χ1v) is 6.20. The molecule has 14 heavy (non-hydrogen) atoms. The molecule has 0 heterocycles. The van der Waals surface area contributed by atoms with Crippen molar-refractivity contribution in [1.82, 2.24) is 0 Å². The van der Waals surface area contributed by atoms with E-state index in [1.165, 1.54) is 0 Å². The van der Waals surface area contributed by atoms with Crippen LogP contribution in [0.3, 0.4) is 0 Å². The Labute approximate surface area is 89.5 Å². The van der Waals surface area contributed by atoms with Crippen LogP contribution in [0.5, 0.6) is 0 Å². The van der Waals surface area contributed by atoms with Gasteiger partial charge in [0, 0.05) is 6.61 Å². The molecule has 0 spiro atoms. The summed E-state index contributed by atoms with van der Waals surface area (Å²) in [7, 11) is 0.844. The molecular formula is C9H23NO3Si. The van der Waals surface area contributed by atoms with E-state index >= 15 is 0 Å². The van der Waals surface area contributed by atoms with Crippen molar-refractivity contribution < 1.29 is 14.2 Å². The number of ether oxygens (including phenoxy) is 3. The number of nitrogens with two attached hydrogens (primary N) is 1. The Morgan fingerprint density at radius 1 is 1.07 bits per heavy atom. The van der Waals surface area contributed by atoms with Gasteiger partial charge in [-0.25, -0.2) is 0 Å². The summed E-state index contributed by atoms with van der Waals surface area (Å²) in [5, 5.41) is -0.386. The van der Waals surface area contributed by atoms with Gasteiger partial charge in [-0.3, -0.25) is 0 Å². The average molecular weight is 221 g/mol. The Bertz CT molecular complexity index is 133. The van der Waals surface area contributed by atoms with Gasteiger partial charge >= 0.3 is 0 Å². The molecule has 0 saturated heterocycles. The maximum atomic E-state index is 5.84. The quantitative estimate of drug-likeness (QED) is 0.322. The van der Waals surface area contributed by atoms with Crippen LogP contribution in [0.2, 0.25) is 0 Å². The first-order valence-electron chi connectivity index (χ1n) is 5.20. The van der Waals surface area contributed by atoms with Crippen molar-refractivity contribution in [3.05, 3.63) is 0 Å². The molecule has 0 aromatic rings. The fraction of sp³-hybridized carbons (Fsp3) is 1.00. The second-order valence-corrected chi connectivity index (χ2v) is 5.02. The third kappa shape index (κ3) is 8.65. The predicted octanol–water partition coefficient (Wildman–Crippen LogP) is -0.556. The zero-order valence-electron chi connectivity index (χ0n) is 9.54. The topological polar surface area (TPSA) is 53.7 Å². The minimum absolute atomic E-state index is 0.386. The Hall–Kier alpha value is 0.0569. The van der Waals surface area contributed by atoms with Crippen molar-refractivity contribution in [3.8, 4) is 0 Å². The van der Waals surface area contributed by atoms with Gasteiger partial charge in [0.2, 0.25) is 0 Å². The first-order chi connectivity index (χ1) is 6.62. The highest BCUT2D eigenvalue weighted by Crippen LogP contribution is 2.01. The molecule has 0 rings (SSSR count). The van der Waals surface area contributed by atoms with E-state index in [1.807, 2.05) is 13.8 Å². The third-order valence-corrected chi connectivity index (χ3v) is 2.93. The predicted molar refractivity (Wildman–Crippen MR) is 60.4 cm³/mol. The minimum atomic E-state index is -0.386. The second kappa shape index (κ2) is 8.37. The van der Waals surface area contributed by atoms with Crippen molar-refractivity contribution in [3.63, 3.8) is 0 Å². The molecule has 0 saturated carbocycles. The van der Waals surface area contributed by atoms with E-state index in [0.717, 1.165) is 23.3 Å². The molecule has 0 aromatic carbocycles. The normalized spacial score (nSPS) is 15.6. The lowest BCUT2D eigenvalue weighted by Gasteiger charge is -2.23. The SMILES string of the molecule is CCOCCOCCOC(N)([SiH3])CC. The molecule has 0 aliphatic heterocycles. The number of hydrogen-bond donors (Lipinski definition) is 1. The van der Waals surface area contributed by atoms with E-state index in [1.54, 1.807) is 0 Å². The molecule has 0 aliphatic rings. The smallest absolute Gasteiger partial charge is 0.0920 e. The highest BCUT2D eigenvalue weighted by molar-refractivity contribution is 6.13. The van der Waals surface area contributed by atoms with E-state index < -0.39 is 0 Å². The molecule has 0 fully saturated rings. The van der Waals surface area contributed by atoms with Gasteiger partial charge in [-0.1, -0.05) is 6.92 Å². The molecule has 1 unspecified atom stereocenters. The van der Waals surface area contributed by atoms with E-state index in [9.17, 15) is 0 Å². The number of rotatable bonds is 9. The molecule has 1 atom stereocenters. The molecule has 86 valence electrons. The second-order valence-electron chi connectivity index (χ2n) is 3.32. The summed E-state index contributed by atoms with van der Waals surface area (Å²) in [5.74, 6) is 0. The van der Waals surface area contributed by atoms with Crippen LogP contribution in [-0.4, -0.2) is 48.6 Å². The highest BCUT2D eigenvalue weighted by Gasteiger charge is 2.14. The maximum Gasteiger partial charge on any atom is 0.0920 e. The van der Waals surface area contributed by atoms with Gasteiger partial charge in [0.05, 0.1) is 42.0 Å². The van der Waals surface area contributed by atoms with E-state index in [2.05, 4.69) is 0 Å². The van der Waals surface area contributed by atoms with Gasteiger partial charge in [0.15, 0.2) is 0 Å². The molecule has 2 N–H and O–H groups in total. The monoisotopic (exact) mass is 221 g/mol. The summed E-state index contributed by atoms with van der Waals surface area (Å²) < 4.78 is 15.9. The van der Waals surface area contributed by atoms with Crippen molar-refractivity contribution in [2.45, 2.75) is 25.6 Å². The summed E-state index contributed by atoms with van der Waals surface area (Å²) in [6, 6.07) is 0. The lowest BCUT2D eigenvalue weighted by Crippen LogP contribution is -2.43. The Morgan fingerprint density at radius 3 is 2.21 bits per heavy atom.